The quantitative estimate of drug-likeness (QED) is 0.395. The average Bonchev–Trinajstić information content (AvgIpc) is 2.39. The van der Waals surface area contributed by atoms with E-state index in [1.807, 2.05) is 13.8 Å². The van der Waals surface area contributed by atoms with Crippen LogP contribution in [-0.4, -0.2) is 11.6 Å². The number of unbranched alkanes of at least 4 members (excludes halogenated alkanes) is 9. The monoisotopic (exact) mass is 282 g/mol. The van der Waals surface area contributed by atoms with E-state index in [4.69, 9.17) is 0 Å². The Bertz CT molecular complexity index is 256. The van der Waals surface area contributed by atoms with Crippen molar-refractivity contribution in [3.8, 4) is 0 Å². The van der Waals surface area contributed by atoms with Crippen LogP contribution in [0.5, 0.6) is 0 Å². The third-order valence-electron chi connectivity index (χ3n) is 3.85. The fourth-order valence-electron chi connectivity index (χ4n) is 2.38. The summed E-state index contributed by atoms with van der Waals surface area (Å²) in [6, 6.07) is 0. The standard InChI is InChI=1S/C18H34O2/c1-16(2)18(20)15-13-11-9-7-5-4-6-8-10-12-14-17(3)19/h16H,4-15H2,1-3H3. The molecule has 0 saturated carbocycles. The molecule has 0 aliphatic carbocycles. The highest BCUT2D eigenvalue weighted by Crippen LogP contribution is 2.13. The molecule has 0 unspecified atom stereocenters. The fraction of sp³-hybridized carbons (Fsp3) is 0.889. The number of Topliss-reactive ketones (excluding diaryl/α,β-unsaturated/α-hetero) is 2. The average molecular weight is 282 g/mol. The van der Waals surface area contributed by atoms with Gasteiger partial charge in [0.1, 0.15) is 11.6 Å². The van der Waals surface area contributed by atoms with E-state index in [0.29, 0.717) is 11.6 Å². The lowest BCUT2D eigenvalue weighted by atomic mass is 10.0. The van der Waals surface area contributed by atoms with Gasteiger partial charge >= 0.3 is 0 Å². The molecule has 0 N–H and O–H groups in total. The molecule has 0 saturated heterocycles. The molecule has 0 fully saturated rings. The lowest BCUT2D eigenvalue weighted by Crippen LogP contribution is -2.05. The number of carbonyl (C=O) groups excluding carboxylic acids is 2. The van der Waals surface area contributed by atoms with Gasteiger partial charge in [0.05, 0.1) is 0 Å². The highest BCUT2D eigenvalue weighted by molar-refractivity contribution is 5.80. The Morgan fingerprint density at radius 2 is 1.00 bits per heavy atom. The highest BCUT2D eigenvalue weighted by atomic mass is 16.1. The van der Waals surface area contributed by atoms with E-state index in [1.165, 1.54) is 51.4 Å². The van der Waals surface area contributed by atoms with Gasteiger partial charge in [-0.25, -0.2) is 0 Å². The molecule has 2 heteroatoms. The summed E-state index contributed by atoms with van der Waals surface area (Å²) in [6.45, 7) is 5.65. The van der Waals surface area contributed by atoms with E-state index >= 15 is 0 Å². The fourth-order valence-corrected chi connectivity index (χ4v) is 2.38. The van der Waals surface area contributed by atoms with Gasteiger partial charge in [0.25, 0.3) is 0 Å². The van der Waals surface area contributed by atoms with Gasteiger partial charge in [0.15, 0.2) is 0 Å². The van der Waals surface area contributed by atoms with Crippen LogP contribution >= 0.6 is 0 Å². The predicted molar refractivity (Wildman–Crippen MR) is 85.9 cm³/mol. The predicted octanol–water partition coefficient (Wildman–Crippen LogP) is 5.48. The third-order valence-corrected chi connectivity index (χ3v) is 3.85. The van der Waals surface area contributed by atoms with Crippen LogP contribution in [0.4, 0.5) is 0 Å². The zero-order valence-corrected chi connectivity index (χ0v) is 13.9. The third kappa shape index (κ3) is 13.8. The Balaban J connectivity index is 3.10. The van der Waals surface area contributed by atoms with Gasteiger partial charge in [-0.3, -0.25) is 4.79 Å². The van der Waals surface area contributed by atoms with Crippen LogP contribution < -0.4 is 0 Å². The van der Waals surface area contributed by atoms with Crippen molar-refractivity contribution in [2.45, 2.75) is 97.8 Å². The maximum absolute atomic E-state index is 11.4. The van der Waals surface area contributed by atoms with Crippen LogP contribution in [0.25, 0.3) is 0 Å². The van der Waals surface area contributed by atoms with Crippen LogP contribution in [-0.2, 0) is 9.59 Å². The summed E-state index contributed by atoms with van der Waals surface area (Å²) in [5.41, 5.74) is 0. The molecule has 0 heterocycles. The molecule has 0 spiro atoms. The van der Waals surface area contributed by atoms with Crippen molar-refractivity contribution in [1.82, 2.24) is 0 Å². The van der Waals surface area contributed by atoms with Crippen LogP contribution in [0.3, 0.4) is 0 Å². The molecule has 0 rings (SSSR count). The van der Waals surface area contributed by atoms with E-state index < -0.39 is 0 Å². The SMILES string of the molecule is CC(=O)CCCCCCCCCCCCC(=O)C(C)C. The van der Waals surface area contributed by atoms with E-state index in [2.05, 4.69) is 0 Å². The van der Waals surface area contributed by atoms with Crippen molar-refractivity contribution in [2.24, 2.45) is 5.92 Å². The minimum absolute atomic E-state index is 0.206. The van der Waals surface area contributed by atoms with E-state index in [-0.39, 0.29) is 5.92 Å². The van der Waals surface area contributed by atoms with Gasteiger partial charge in [-0.2, -0.15) is 0 Å². The zero-order valence-electron chi connectivity index (χ0n) is 13.9. The first kappa shape index (κ1) is 19.3. The summed E-state index contributed by atoms with van der Waals surface area (Å²) in [7, 11) is 0. The molecule has 0 amide bonds. The normalized spacial score (nSPS) is 11.0. The second-order valence-electron chi connectivity index (χ2n) is 6.36. The topological polar surface area (TPSA) is 34.1 Å². The molecule has 0 radical (unpaired) electrons. The first-order chi connectivity index (χ1) is 9.54. The number of hydrogen-bond acceptors (Lipinski definition) is 2. The first-order valence-electron chi connectivity index (χ1n) is 8.56. The second kappa shape index (κ2) is 13.3. The number of ketones is 2. The van der Waals surface area contributed by atoms with Crippen molar-refractivity contribution in [3.05, 3.63) is 0 Å². The molecule has 0 aliphatic heterocycles. The summed E-state index contributed by atoms with van der Waals surface area (Å²) in [6.07, 6.45) is 13.9. The lowest BCUT2D eigenvalue weighted by Gasteiger charge is -2.04. The van der Waals surface area contributed by atoms with Gasteiger partial charge in [-0.15, -0.1) is 0 Å². The Kier molecular flexibility index (Phi) is 12.9. The van der Waals surface area contributed by atoms with Crippen molar-refractivity contribution in [1.29, 1.82) is 0 Å². The summed E-state index contributed by atoms with van der Waals surface area (Å²) in [5, 5.41) is 0. The molecule has 0 aromatic rings. The summed E-state index contributed by atoms with van der Waals surface area (Å²) < 4.78 is 0. The van der Waals surface area contributed by atoms with Crippen molar-refractivity contribution in [2.75, 3.05) is 0 Å². The van der Waals surface area contributed by atoms with E-state index in [1.54, 1.807) is 6.92 Å². The molecule has 0 atom stereocenters. The zero-order chi connectivity index (χ0) is 15.2. The first-order valence-corrected chi connectivity index (χ1v) is 8.56. The van der Waals surface area contributed by atoms with E-state index in [0.717, 1.165) is 25.7 Å². The number of carbonyl (C=O) groups is 2. The lowest BCUT2D eigenvalue weighted by molar-refractivity contribution is -0.122. The molecule has 2 nitrogen and oxygen atoms in total. The summed E-state index contributed by atoms with van der Waals surface area (Å²) in [5.74, 6) is 0.939. The maximum Gasteiger partial charge on any atom is 0.135 e. The van der Waals surface area contributed by atoms with Crippen molar-refractivity contribution >= 4 is 11.6 Å². The van der Waals surface area contributed by atoms with Gasteiger partial charge in [-0.05, 0) is 19.8 Å². The molecule has 0 aromatic heterocycles. The molecule has 118 valence electrons. The number of hydrogen-bond donors (Lipinski definition) is 0. The Morgan fingerprint density at radius 3 is 1.35 bits per heavy atom. The van der Waals surface area contributed by atoms with Gasteiger partial charge in [0, 0.05) is 18.8 Å². The minimum Gasteiger partial charge on any atom is -0.300 e. The molecule has 0 aliphatic rings. The van der Waals surface area contributed by atoms with Crippen molar-refractivity contribution in [3.63, 3.8) is 0 Å². The molecular weight excluding hydrogens is 248 g/mol. The van der Waals surface area contributed by atoms with Crippen LogP contribution in [0.2, 0.25) is 0 Å². The molecule has 0 bridgehead atoms. The molecular formula is C18H34O2. The Hall–Kier alpha value is -0.660. The Labute approximate surface area is 125 Å². The molecule has 0 aromatic carbocycles. The van der Waals surface area contributed by atoms with Crippen molar-refractivity contribution < 1.29 is 9.59 Å². The minimum atomic E-state index is 0.206. The molecule has 20 heavy (non-hydrogen) atoms. The number of rotatable bonds is 14. The highest BCUT2D eigenvalue weighted by Gasteiger charge is 2.05. The second-order valence-corrected chi connectivity index (χ2v) is 6.36. The van der Waals surface area contributed by atoms with Crippen LogP contribution in [0.15, 0.2) is 0 Å². The van der Waals surface area contributed by atoms with Gasteiger partial charge < -0.3 is 4.79 Å². The summed E-state index contributed by atoms with van der Waals surface area (Å²) in [4.78, 5) is 22.2. The largest absolute Gasteiger partial charge is 0.300 e. The maximum atomic E-state index is 11.4. The van der Waals surface area contributed by atoms with Crippen LogP contribution in [0.1, 0.15) is 97.8 Å². The van der Waals surface area contributed by atoms with Gasteiger partial charge in [-0.1, -0.05) is 65.2 Å². The van der Waals surface area contributed by atoms with Crippen LogP contribution in [0, 0.1) is 5.92 Å². The Morgan fingerprint density at radius 1 is 0.650 bits per heavy atom. The summed E-state index contributed by atoms with van der Waals surface area (Å²) >= 11 is 0. The van der Waals surface area contributed by atoms with E-state index in [9.17, 15) is 9.59 Å². The van der Waals surface area contributed by atoms with Gasteiger partial charge in [0.2, 0.25) is 0 Å². The smallest absolute Gasteiger partial charge is 0.135 e.